The fourth-order valence-electron chi connectivity index (χ4n) is 2.89. The number of fused-ring (bicyclic) bond motifs is 1. The van der Waals surface area contributed by atoms with E-state index in [9.17, 15) is 9.59 Å². The molecular weight excluding hydrogens is 296 g/mol. The molecule has 0 unspecified atom stereocenters. The molecule has 0 fully saturated rings. The maximum absolute atomic E-state index is 12.4. The first kappa shape index (κ1) is 17.0. The van der Waals surface area contributed by atoms with Crippen LogP contribution in [0.15, 0.2) is 6.07 Å². The van der Waals surface area contributed by atoms with Crippen LogP contribution in [-0.4, -0.2) is 36.9 Å². The van der Waals surface area contributed by atoms with Crippen LogP contribution in [0.1, 0.15) is 53.2 Å². The molecule has 5 heteroatoms. The van der Waals surface area contributed by atoms with Crippen LogP contribution in [-0.2, 0) is 17.6 Å². The van der Waals surface area contributed by atoms with Crippen molar-refractivity contribution in [2.45, 2.75) is 52.0 Å². The van der Waals surface area contributed by atoms with E-state index in [0.717, 1.165) is 37.0 Å². The van der Waals surface area contributed by atoms with Crippen molar-refractivity contribution >= 4 is 23.2 Å². The lowest BCUT2D eigenvalue weighted by Crippen LogP contribution is -2.39. The van der Waals surface area contributed by atoms with Gasteiger partial charge in [0.2, 0.25) is 5.91 Å². The highest BCUT2D eigenvalue weighted by atomic mass is 32.1. The van der Waals surface area contributed by atoms with E-state index >= 15 is 0 Å². The van der Waals surface area contributed by atoms with E-state index in [0.29, 0.717) is 0 Å². The van der Waals surface area contributed by atoms with Gasteiger partial charge < -0.3 is 10.2 Å². The van der Waals surface area contributed by atoms with Gasteiger partial charge in [0, 0.05) is 30.9 Å². The smallest absolute Gasteiger partial charge is 0.263 e. The molecule has 1 atom stereocenters. The van der Waals surface area contributed by atoms with E-state index in [-0.39, 0.29) is 23.8 Å². The molecule has 0 aliphatic heterocycles. The van der Waals surface area contributed by atoms with Crippen LogP contribution in [0.3, 0.4) is 0 Å². The number of hydrogen-bond donors (Lipinski definition) is 1. The van der Waals surface area contributed by atoms with Crippen LogP contribution in [0.5, 0.6) is 0 Å². The first-order valence-corrected chi connectivity index (χ1v) is 8.91. The molecule has 2 amide bonds. The molecule has 1 N–H and O–H groups in total. The Labute approximate surface area is 136 Å². The summed E-state index contributed by atoms with van der Waals surface area (Å²) in [5.74, 6) is 0.272. The Kier molecular flexibility index (Phi) is 5.62. The first-order chi connectivity index (χ1) is 10.5. The predicted octanol–water partition coefficient (Wildman–Crippen LogP) is 2.86. The van der Waals surface area contributed by atoms with Gasteiger partial charge in [-0.1, -0.05) is 13.8 Å². The highest BCUT2D eigenvalue weighted by Crippen LogP contribution is 2.33. The molecule has 0 saturated heterocycles. The summed E-state index contributed by atoms with van der Waals surface area (Å²) in [7, 11) is 3.54. The summed E-state index contributed by atoms with van der Waals surface area (Å²) in [6.07, 6.45) is 4.50. The number of nitrogens with zero attached hydrogens (tertiary/aromatic N) is 1. The minimum absolute atomic E-state index is 0.0463. The minimum Gasteiger partial charge on any atom is -0.353 e. The Balaban J connectivity index is 2.05. The number of rotatable bonds is 5. The summed E-state index contributed by atoms with van der Waals surface area (Å²) in [6, 6.07) is 2.26. The van der Waals surface area contributed by atoms with Gasteiger partial charge in [0.05, 0.1) is 4.88 Å². The quantitative estimate of drug-likeness (QED) is 0.906. The molecule has 1 aliphatic rings. The summed E-state index contributed by atoms with van der Waals surface area (Å²) in [5, 5.41) is 3.15. The molecule has 1 heterocycles. The molecular formula is C17H26N2O2S. The average Bonchev–Trinajstić information content (AvgIpc) is 2.94. The second kappa shape index (κ2) is 7.27. The summed E-state index contributed by atoms with van der Waals surface area (Å²) in [6.45, 7) is 4.21. The Morgan fingerprint density at radius 1 is 1.36 bits per heavy atom. The van der Waals surface area contributed by atoms with Gasteiger partial charge in [0.1, 0.15) is 0 Å². The van der Waals surface area contributed by atoms with E-state index in [4.69, 9.17) is 0 Å². The fraction of sp³-hybridized carbons (Fsp3) is 0.647. The molecule has 0 saturated carbocycles. The number of carbonyl (C=O) groups excluding carboxylic acids is 2. The first-order valence-electron chi connectivity index (χ1n) is 8.09. The van der Waals surface area contributed by atoms with Crippen LogP contribution < -0.4 is 5.32 Å². The van der Waals surface area contributed by atoms with E-state index in [1.54, 1.807) is 30.3 Å². The lowest BCUT2D eigenvalue weighted by Gasteiger charge is -2.24. The Morgan fingerprint density at radius 3 is 2.64 bits per heavy atom. The molecule has 2 rings (SSSR count). The number of aryl methyl sites for hydroxylation is 1. The van der Waals surface area contributed by atoms with Crippen molar-refractivity contribution in [1.82, 2.24) is 10.2 Å². The summed E-state index contributed by atoms with van der Waals surface area (Å²) >= 11 is 1.59. The topological polar surface area (TPSA) is 49.4 Å². The second-order valence-electron chi connectivity index (χ2n) is 6.22. The number of thiophene rings is 1. The standard InChI is InChI=1S/C17H26N2O2S/c1-5-13(6-2)18-16(20)11-7-8-14-12(9-11)10-15(22-14)17(21)19(3)4/h10-11,13H,5-9H2,1-4H3,(H,18,20)/t11-/m0/s1. The van der Waals surface area contributed by atoms with E-state index in [2.05, 4.69) is 19.2 Å². The normalized spacial score (nSPS) is 17.2. The third-order valence-electron chi connectivity index (χ3n) is 4.40. The Bertz CT molecular complexity index is 547. The van der Waals surface area contributed by atoms with Crippen molar-refractivity contribution in [3.05, 3.63) is 21.4 Å². The minimum atomic E-state index is 0.0463. The second-order valence-corrected chi connectivity index (χ2v) is 7.36. The van der Waals surface area contributed by atoms with Gasteiger partial charge in [-0.25, -0.2) is 0 Å². The molecule has 1 aliphatic carbocycles. The van der Waals surface area contributed by atoms with E-state index in [1.165, 1.54) is 10.4 Å². The van der Waals surface area contributed by atoms with Gasteiger partial charge in [-0.2, -0.15) is 0 Å². The number of nitrogens with one attached hydrogen (secondary N) is 1. The SMILES string of the molecule is CCC(CC)NC(=O)[C@H]1CCc2sc(C(=O)N(C)C)cc2C1. The average molecular weight is 322 g/mol. The van der Waals surface area contributed by atoms with Gasteiger partial charge in [0.25, 0.3) is 5.91 Å². The maximum Gasteiger partial charge on any atom is 0.263 e. The van der Waals surface area contributed by atoms with Crippen LogP contribution >= 0.6 is 11.3 Å². The van der Waals surface area contributed by atoms with Crippen molar-refractivity contribution in [2.75, 3.05) is 14.1 Å². The summed E-state index contributed by atoms with van der Waals surface area (Å²) in [4.78, 5) is 28.1. The molecule has 0 radical (unpaired) electrons. The van der Waals surface area contributed by atoms with Gasteiger partial charge >= 0.3 is 0 Å². The zero-order valence-corrected chi connectivity index (χ0v) is 14.8. The van der Waals surface area contributed by atoms with Crippen molar-refractivity contribution in [1.29, 1.82) is 0 Å². The molecule has 122 valence electrons. The number of hydrogen-bond acceptors (Lipinski definition) is 3. The van der Waals surface area contributed by atoms with E-state index in [1.807, 2.05) is 6.07 Å². The summed E-state index contributed by atoms with van der Waals surface area (Å²) < 4.78 is 0. The number of carbonyl (C=O) groups is 2. The monoisotopic (exact) mass is 322 g/mol. The number of amides is 2. The van der Waals surface area contributed by atoms with Crippen LogP contribution in [0, 0.1) is 5.92 Å². The molecule has 0 bridgehead atoms. The highest BCUT2D eigenvalue weighted by molar-refractivity contribution is 7.14. The summed E-state index contributed by atoms with van der Waals surface area (Å²) in [5.41, 5.74) is 1.19. The van der Waals surface area contributed by atoms with E-state index < -0.39 is 0 Å². The van der Waals surface area contributed by atoms with Crippen molar-refractivity contribution in [2.24, 2.45) is 5.92 Å². The third kappa shape index (κ3) is 3.69. The zero-order chi connectivity index (χ0) is 16.3. The van der Waals surface area contributed by atoms with Crippen LogP contribution in [0.4, 0.5) is 0 Å². The van der Waals surface area contributed by atoms with Gasteiger partial charge in [-0.15, -0.1) is 11.3 Å². The Hall–Kier alpha value is -1.36. The van der Waals surface area contributed by atoms with Crippen molar-refractivity contribution in [3.63, 3.8) is 0 Å². The third-order valence-corrected chi connectivity index (χ3v) is 5.63. The fourth-order valence-corrected chi connectivity index (χ4v) is 4.11. The predicted molar refractivity (Wildman–Crippen MR) is 90.4 cm³/mol. The zero-order valence-electron chi connectivity index (χ0n) is 13.9. The van der Waals surface area contributed by atoms with Crippen molar-refractivity contribution in [3.8, 4) is 0 Å². The molecule has 1 aromatic heterocycles. The largest absolute Gasteiger partial charge is 0.353 e. The Morgan fingerprint density at radius 2 is 2.05 bits per heavy atom. The lowest BCUT2D eigenvalue weighted by molar-refractivity contribution is -0.126. The van der Waals surface area contributed by atoms with Crippen LogP contribution in [0.2, 0.25) is 0 Å². The van der Waals surface area contributed by atoms with Gasteiger partial charge in [-0.3, -0.25) is 9.59 Å². The molecule has 4 nitrogen and oxygen atoms in total. The maximum atomic E-state index is 12.4. The highest BCUT2D eigenvalue weighted by Gasteiger charge is 2.28. The molecule has 22 heavy (non-hydrogen) atoms. The molecule has 0 aromatic carbocycles. The van der Waals surface area contributed by atoms with Gasteiger partial charge in [0.15, 0.2) is 0 Å². The van der Waals surface area contributed by atoms with Gasteiger partial charge in [-0.05, 0) is 43.7 Å². The van der Waals surface area contributed by atoms with Crippen molar-refractivity contribution < 1.29 is 9.59 Å². The lowest BCUT2D eigenvalue weighted by atomic mass is 9.87. The molecule has 0 spiro atoms. The van der Waals surface area contributed by atoms with Crippen LogP contribution in [0.25, 0.3) is 0 Å². The molecule has 1 aromatic rings.